The number of likely N-dealkylation sites (tertiary alicyclic amines) is 1. The van der Waals surface area contributed by atoms with Gasteiger partial charge in [0.1, 0.15) is 6.10 Å². The van der Waals surface area contributed by atoms with Crippen LogP contribution in [0.2, 0.25) is 0 Å². The van der Waals surface area contributed by atoms with Crippen molar-refractivity contribution in [2.24, 2.45) is 5.73 Å². The molecule has 2 amide bonds. The third-order valence-electron chi connectivity index (χ3n) is 5.72. The van der Waals surface area contributed by atoms with Crippen molar-refractivity contribution < 1.29 is 14.3 Å². The summed E-state index contributed by atoms with van der Waals surface area (Å²) in [7, 11) is 0. The van der Waals surface area contributed by atoms with Gasteiger partial charge in [0.15, 0.2) is 0 Å². The summed E-state index contributed by atoms with van der Waals surface area (Å²) < 4.78 is 5.67. The van der Waals surface area contributed by atoms with Gasteiger partial charge in [-0.3, -0.25) is 9.59 Å². The van der Waals surface area contributed by atoms with E-state index in [1.54, 1.807) is 0 Å². The van der Waals surface area contributed by atoms with Gasteiger partial charge in [0.25, 0.3) is 0 Å². The zero-order valence-electron chi connectivity index (χ0n) is 16.1. The Morgan fingerprint density at radius 3 is 2.48 bits per heavy atom. The van der Waals surface area contributed by atoms with Gasteiger partial charge in [-0.25, -0.2) is 0 Å². The fourth-order valence-electron chi connectivity index (χ4n) is 4.07. The number of hydrogen-bond acceptors (Lipinski definition) is 4. The van der Waals surface area contributed by atoms with E-state index in [9.17, 15) is 9.59 Å². The predicted molar refractivity (Wildman–Crippen MR) is 104 cm³/mol. The largest absolute Gasteiger partial charge is 0.364 e. The van der Waals surface area contributed by atoms with E-state index in [2.05, 4.69) is 12.2 Å². The first-order chi connectivity index (χ1) is 13.1. The molecule has 0 bridgehead atoms. The van der Waals surface area contributed by atoms with Crippen molar-refractivity contribution in [2.75, 3.05) is 19.6 Å². The van der Waals surface area contributed by atoms with Crippen molar-refractivity contribution in [1.82, 2.24) is 10.2 Å². The van der Waals surface area contributed by atoms with Crippen molar-refractivity contribution >= 4 is 11.8 Å². The van der Waals surface area contributed by atoms with E-state index in [1.165, 1.54) is 0 Å². The Kier molecular flexibility index (Phi) is 6.85. The molecule has 0 radical (unpaired) electrons. The number of amides is 2. The van der Waals surface area contributed by atoms with E-state index >= 15 is 0 Å². The van der Waals surface area contributed by atoms with E-state index < -0.39 is 0 Å². The molecular weight excluding hydrogens is 342 g/mol. The molecule has 0 spiro atoms. The molecule has 0 aliphatic carbocycles. The van der Waals surface area contributed by atoms with Gasteiger partial charge >= 0.3 is 0 Å². The van der Waals surface area contributed by atoms with Crippen LogP contribution in [-0.4, -0.2) is 54.6 Å². The Bertz CT molecular complexity index is 629. The molecule has 6 heteroatoms. The minimum atomic E-state index is -0.374. The Labute approximate surface area is 161 Å². The number of rotatable bonds is 6. The maximum atomic E-state index is 12.9. The molecule has 6 nitrogen and oxygen atoms in total. The minimum Gasteiger partial charge on any atom is -0.364 e. The van der Waals surface area contributed by atoms with E-state index in [0.717, 1.165) is 37.7 Å². The van der Waals surface area contributed by atoms with E-state index in [0.29, 0.717) is 19.6 Å². The van der Waals surface area contributed by atoms with Crippen molar-refractivity contribution in [3.05, 3.63) is 35.9 Å². The zero-order chi connectivity index (χ0) is 19.2. The van der Waals surface area contributed by atoms with Crippen LogP contribution in [0.25, 0.3) is 0 Å². The van der Waals surface area contributed by atoms with Crippen molar-refractivity contribution in [1.29, 1.82) is 0 Å². The summed E-state index contributed by atoms with van der Waals surface area (Å²) in [5.41, 5.74) is 6.68. The number of nitrogens with one attached hydrogen (secondary N) is 1. The van der Waals surface area contributed by atoms with Gasteiger partial charge in [-0.15, -0.1) is 0 Å². The highest BCUT2D eigenvalue weighted by atomic mass is 16.5. The summed E-state index contributed by atoms with van der Waals surface area (Å²) in [5.74, 6) is 0.0715. The van der Waals surface area contributed by atoms with Crippen LogP contribution in [0.3, 0.4) is 0 Å². The average molecular weight is 373 g/mol. The van der Waals surface area contributed by atoms with Crippen LogP contribution < -0.4 is 11.1 Å². The monoisotopic (exact) mass is 373 g/mol. The molecule has 3 N–H and O–H groups in total. The number of piperidine rings is 1. The minimum absolute atomic E-state index is 0.00387. The fraction of sp³-hybridized carbons (Fsp3) is 0.619. The number of carbonyl (C=O) groups is 2. The standard InChI is InChI=1S/C21H31N3O3/c1-2-18(15-6-4-3-5-7-15)21(26)24-12-10-16(11-13-24)23-20(25)19-9-8-17(14-22)27-19/h3-7,16-19H,2,8-14,22H2,1H3,(H,23,25)/t17-,18?,19+/m1/s1. The number of benzene rings is 1. The Balaban J connectivity index is 1.48. The number of hydrogen-bond donors (Lipinski definition) is 2. The summed E-state index contributed by atoms with van der Waals surface area (Å²) in [6, 6.07) is 10.1. The number of carbonyl (C=O) groups excluding carboxylic acids is 2. The highest BCUT2D eigenvalue weighted by molar-refractivity contribution is 5.84. The van der Waals surface area contributed by atoms with E-state index in [-0.39, 0.29) is 36.0 Å². The Hall–Kier alpha value is -1.92. The van der Waals surface area contributed by atoms with Crippen LogP contribution in [0.1, 0.15) is 50.5 Å². The van der Waals surface area contributed by atoms with Gasteiger partial charge < -0.3 is 20.7 Å². The maximum Gasteiger partial charge on any atom is 0.249 e. The van der Waals surface area contributed by atoms with Crippen molar-refractivity contribution in [3.8, 4) is 0 Å². The lowest BCUT2D eigenvalue weighted by atomic mass is 9.93. The molecule has 1 aromatic rings. The molecule has 2 aliphatic heterocycles. The van der Waals surface area contributed by atoms with Crippen LogP contribution in [0.15, 0.2) is 30.3 Å². The third-order valence-corrected chi connectivity index (χ3v) is 5.72. The molecule has 2 saturated heterocycles. The van der Waals surface area contributed by atoms with Gasteiger partial charge in [-0.2, -0.15) is 0 Å². The lowest BCUT2D eigenvalue weighted by Crippen LogP contribution is -2.49. The molecule has 148 valence electrons. The second kappa shape index (κ2) is 9.33. The van der Waals surface area contributed by atoms with Gasteiger partial charge in [0.2, 0.25) is 11.8 Å². The van der Waals surface area contributed by atoms with Crippen LogP contribution in [0, 0.1) is 0 Å². The van der Waals surface area contributed by atoms with Crippen molar-refractivity contribution in [2.45, 2.75) is 63.2 Å². The quantitative estimate of drug-likeness (QED) is 0.796. The SMILES string of the molecule is CCC(C(=O)N1CCC(NC(=O)[C@@H]2CC[C@H](CN)O2)CC1)c1ccccc1. The van der Waals surface area contributed by atoms with Gasteiger partial charge in [-0.05, 0) is 37.7 Å². The van der Waals surface area contributed by atoms with Crippen molar-refractivity contribution in [3.63, 3.8) is 0 Å². The van der Waals surface area contributed by atoms with Gasteiger partial charge in [-0.1, -0.05) is 37.3 Å². The highest BCUT2D eigenvalue weighted by Crippen LogP contribution is 2.24. The zero-order valence-corrected chi connectivity index (χ0v) is 16.1. The summed E-state index contributed by atoms with van der Waals surface area (Å²) in [6.45, 7) is 3.89. The Morgan fingerprint density at radius 1 is 1.19 bits per heavy atom. The fourth-order valence-corrected chi connectivity index (χ4v) is 4.07. The average Bonchev–Trinajstić information content (AvgIpc) is 3.19. The lowest BCUT2D eigenvalue weighted by molar-refractivity contribution is -0.135. The van der Waals surface area contributed by atoms with E-state index in [4.69, 9.17) is 10.5 Å². The first-order valence-electron chi connectivity index (χ1n) is 10.1. The second-order valence-corrected chi connectivity index (χ2v) is 7.54. The molecule has 2 heterocycles. The molecular formula is C21H31N3O3. The molecule has 27 heavy (non-hydrogen) atoms. The van der Waals surface area contributed by atoms with Crippen LogP contribution in [0.4, 0.5) is 0 Å². The number of nitrogens with two attached hydrogens (primary N) is 1. The first kappa shape index (κ1) is 19.8. The predicted octanol–water partition coefficient (Wildman–Crippen LogP) is 1.79. The molecule has 3 atom stereocenters. The maximum absolute atomic E-state index is 12.9. The molecule has 2 aliphatic rings. The Morgan fingerprint density at radius 2 is 1.89 bits per heavy atom. The third kappa shape index (κ3) is 4.87. The number of nitrogens with zero attached hydrogens (tertiary/aromatic N) is 1. The molecule has 1 aromatic carbocycles. The van der Waals surface area contributed by atoms with Gasteiger partial charge in [0, 0.05) is 25.7 Å². The molecule has 3 rings (SSSR count). The lowest BCUT2D eigenvalue weighted by Gasteiger charge is -2.35. The first-order valence-corrected chi connectivity index (χ1v) is 10.1. The highest BCUT2D eigenvalue weighted by Gasteiger charge is 2.33. The molecule has 0 saturated carbocycles. The van der Waals surface area contributed by atoms with Gasteiger partial charge in [0.05, 0.1) is 12.0 Å². The summed E-state index contributed by atoms with van der Waals surface area (Å²) in [4.78, 5) is 27.3. The van der Waals surface area contributed by atoms with Crippen LogP contribution in [0.5, 0.6) is 0 Å². The topological polar surface area (TPSA) is 84.7 Å². The summed E-state index contributed by atoms with van der Waals surface area (Å²) >= 11 is 0. The van der Waals surface area contributed by atoms with E-state index in [1.807, 2.05) is 35.2 Å². The smallest absolute Gasteiger partial charge is 0.249 e. The van der Waals surface area contributed by atoms with Crippen LogP contribution >= 0.6 is 0 Å². The molecule has 2 fully saturated rings. The summed E-state index contributed by atoms with van der Waals surface area (Å²) in [6.07, 6.45) is 3.58. The molecule has 0 aromatic heterocycles. The normalized spacial score (nSPS) is 24.6. The van der Waals surface area contributed by atoms with Crippen LogP contribution in [-0.2, 0) is 14.3 Å². The molecule has 1 unspecified atom stereocenters. The second-order valence-electron chi connectivity index (χ2n) is 7.54. The number of ether oxygens (including phenoxy) is 1. The summed E-state index contributed by atoms with van der Waals surface area (Å²) in [5, 5.41) is 3.10.